The lowest BCUT2D eigenvalue weighted by molar-refractivity contribution is -0.345. The summed E-state index contributed by atoms with van der Waals surface area (Å²) in [5.41, 5.74) is 1.53. The third-order valence-corrected chi connectivity index (χ3v) is 6.81. The molecule has 2 heterocycles. The Morgan fingerprint density at radius 3 is 2.23 bits per heavy atom. The van der Waals surface area contributed by atoms with Crippen molar-refractivity contribution in [3.05, 3.63) is 71.8 Å². The predicted molar refractivity (Wildman–Crippen MR) is 139 cm³/mol. The second kappa shape index (κ2) is 13.3. The van der Waals surface area contributed by atoms with Gasteiger partial charge in [0.15, 0.2) is 6.29 Å². The fraction of sp³-hybridized carbons (Fsp3) is 0.483. The topological polar surface area (TPSA) is 128 Å². The number of hydrogen-bond donors (Lipinski definition) is 1. The summed E-state index contributed by atoms with van der Waals surface area (Å²) < 4.78 is 41.4. The molecule has 2 fully saturated rings. The highest BCUT2D eigenvalue weighted by molar-refractivity contribution is 5.78. The molecule has 216 valence electrons. The smallest absolute Gasteiger partial charge is 0.366 e. The molecule has 0 bridgehead atoms. The molecule has 11 heteroatoms. The van der Waals surface area contributed by atoms with Crippen molar-refractivity contribution in [3.8, 4) is 0 Å². The Bertz CT molecular complexity index is 1150. The lowest BCUT2D eigenvalue weighted by atomic mass is 9.87. The van der Waals surface area contributed by atoms with Crippen LogP contribution in [0.4, 0.5) is 0 Å². The van der Waals surface area contributed by atoms with Crippen LogP contribution >= 0.6 is 0 Å². The zero-order valence-electron chi connectivity index (χ0n) is 22.9. The molecule has 7 atom stereocenters. The van der Waals surface area contributed by atoms with E-state index in [2.05, 4.69) is 5.32 Å². The van der Waals surface area contributed by atoms with Gasteiger partial charge in [0.25, 0.3) is 5.79 Å². The van der Waals surface area contributed by atoms with Crippen molar-refractivity contribution in [3.63, 3.8) is 0 Å². The minimum atomic E-state index is -1.99. The second-order valence-corrected chi connectivity index (χ2v) is 9.63. The number of carbonyl (C=O) groups is 3. The van der Waals surface area contributed by atoms with E-state index in [1.165, 1.54) is 28.1 Å². The van der Waals surface area contributed by atoms with E-state index < -0.39 is 60.4 Å². The van der Waals surface area contributed by atoms with Gasteiger partial charge in [-0.3, -0.25) is 9.59 Å². The molecule has 1 amide bonds. The molecular weight excluding hydrogens is 522 g/mol. The lowest BCUT2D eigenvalue weighted by Gasteiger charge is -2.50. The van der Waals surface area contributed by atoms with Crippen molar-refractivity contribution in [1.82, 2.24) is 5.32 Å². The number of carbonyl (C=O) groups excluding carboxylic acids is 3. The van der Waals surface area contributed by atoms with Crippen LogP contribution in [0.1, 0.15) is 37.7 Å². The summed E-state index contributed by atoms with van der Waals surface area (Å²) in [5, 5.41) is 2.83. The SMILES string of the molecule is COC(=O)[C@@]1(OCc2ccccc2)C[C@H](OC(C)=O)[C@@H](NC(C)=O)[C@H]([C@@H]2O[C@H](c3ccccc3)OC[C@H]2OC)O1. The number of hydrogen-bond acceptors (Lipinski definition) is 10. The van der Waals surface area contributed by atoms with E-state index in [1.54, 1.807) is 0 Å². The van der Waals surface area contributed by atoms with E-state index >= 15 is 0 Å². The van der Waals surface area contributed by atoms with Crippen LogP contribution in [0, 0.1) is 0 Å². The van der Waals surface area contributed by atoms with Crippen LogP contribution in [-0.4, -0.2) is 74.9 Å². The van der Waals surface area contributed by atoms with Crippen molar-refractivity contribution in [2.24, 2.45) is 0 Å². The second-order valence-electron chi connectivity index (χ2n) is 9.63. The van der Waals surface area contributed by atoms with Crippen molar-refractivity contribution < 1.29 is 47.5 Å². The molecule has 2 saturated heterocycles. The number of rotatable bonds is 9. The van der Waals surface area contributed by atoms with Gasteiger partial charge in [-0.05, 0) is 5.56 Å². The van der Waals surface area contributed by atoms with Crippen LogP contribution in [-0.2, 0) is 54.1 Å². The third kappa shape index (κ3) is 6.86. The van der Waals surface area contributed by atoms with Gasteiger partial charge in [-0.15, -0.1) is 0 Å². The molecule has 11 nitrogen and oxygen atoms in total. The summed E-state index contributed by atoms with van der Waals surface area (Å²) in [7, 11) is 2.70. The first-order chi connectivity index (χ1) is 19.3. The minimum absolute atomic E-state index is 0.00473. The maximum absolute atomic E-state index is 13.3. The van der Waals surface area contributed by atoms with Crippen LogP contribution in [0.2, 0.25) is 0 Å². The molecule has 0 saturated carbocycles. The first-order valence-corrected chi connectivity index (χ1v) is 13.0. The molecule has 1 N–H and O–H groups in total. The van der Waals surface area contributed by atoms with E-state index in [0.717, 1.165) is 11.1 Å². The summed E-state index contributed by atoms with van der Waals surface area (Å²) in [5.74, 6) is -3.83. The van der Waals surface area contributed by atoms with Gasteiger partial charge >= 0.3 is 11.9 Å². The van der Waals surface area contributed by atoms with Gasteiger partial charge in [-0.25, -0.2) is 4.79 Å². The molecule has 0 spiro atoms. The standard InChI is InChI=1S/C29H35NO10/c1-18(31)30-24-22(38-19(2)32)15-29(28(33)35-4,37-16-20-11-7-5-8-12-20)40-26(24)25-23(34-3)17-36-27(39-25)21-13-9-6-10-14-21/h5-14,22-27H,15-17H2,1-4H3,(H,30,31)/t22-,23+,24+,25+,26+,27+,29+/m0/s1. The molecular formula is C29H35NO10. The van der Waals surface area contributed by atoms with E-state index in [0.29, 0.717) is 0 Å². The monoisotopic (exact) mass is 557 g/mol. The van der Waals surface area contributed by atoms with E-state index in [1.807, 2.05) is 60.7 Å². The number of methoxy groups -OCH3 is 2. The van der Waals surface area contributed by atoms with Crippen molar-refractivity contribution in [2.45, 2.75) is 69.4 Å². The average Bonchev–Trinajstić information content (AvgIpc) is 2.97. The number of nitrogens with one attached hydrogen (secondary N) is 1. The van der Waals surface area contributed by atoms with Gasteiger partial charge in [-0.1, -0.05) is 60.7 Å². The van der Waals surface area contributed by atoms with Gasteiger partial charge in [-0.2, -0.15) is 0 Å². The van der Waals surface area contributed by atoms with E-state index in [-0.39, 0.29) is 19.6 Å². The zero-order valence-corrected chi connectivity index (χ0v) is 22.9. The summed E-state index contributed by atoms with van der Waals surface area (Å²) in [6.45, 7) is 2.70. The molecule has 0 unspecified atom stereocenters. The Morgan fingerprint density at radius 1 is 0.950 bits per heavy atom. The first-order valence-electron chi connectivity index (χ1n) is 13.0. The van der Waals surface area contributed by atoms with Crippen molar-refractivity contribution >= 4 is 17.8 Å². The van der Waals surface area contributed by atoms with Crippen LogP contribution in [0.3, 0.4) is 0 Å². The Morgan fingerprint density at radius 2 is 1.62 bits per heavy atom. The Hall–Kier alpha value is -3.35. The van der Waals surface area contributed by atoms with Gasteiger partial charge < -0.3 is 38.5 Å². The number of benzene rings is 2. The summed E-state index contributed by atoms with van der Waals surface area (Å²) in [6.07, 6.45) is -4.70. The van der Waals surface area contributed by atoms with Crippen LogP contribution in [0.5, 0.6) is 0 Å². The summed E-state index contributed by atoms with van der Waals surface area (Å²) >= 11 is 0. The minimum Gasteiger partial charge on any atom is -0.465 e. The molecule has 2 aromatic rings. The highest BCUT2D eigenvalue weighted by Crippen LogP contribution is 2.40. The molecule has 2 aliphatic heterocycles. The van der Waals surface area contributed by atoms with Crippen LogP contribution in [0.15, 0.2) is 60.7 Å². The normalized spacial score (nSPS) is 30.2. The average molecular weight is 558 g/mol. The fourth-order valence-electron chi connectivity index (χ4n) is 4.99. The van der Waals surface area contributed by atoms with Gasteiger partial charge in [0.05, 0.1) is 32.8 Å². The lowest BCUT2D eigenvalue weighted by Crippen LogP contribution is -2.69. The Labute approximate surface area is 233 Å². The quantitative estimate of drug-likeness (QED) is 0.459. The summed E-state index contributed by atoms with van der Waals surface area (Å²) in [6, 6.07) is 17.6. The molecule has 2 aromatic carbocycles. The maximum Gasteiger partial charge on any atom is 0.366 e. The fourth-order valence-corrected chi connectivity index (χ4v) is 4.99. The first kappa shape index (κ1) is 29.6. The highest BCUT2D eigenvalue weighted by atomic mass is 16.8. The molecule has 40 heavy (non-hydrogen) atoms. The number of amides is 1. The van der Waals surface area contributed by atoms with Gasteiger partial charge in [0.2, 0.25) is 5.91 Å². The van der Waals surface area contributed by atoms with Crippen molar-refractivity contribution in [2.75, 3.05) is 20.8 Å². The summed E-state index contributed by atoms with van der Waals surface area (Å²) in [4.78, 5) is 37.9. The third-order valence-electron chi connectivity index (χ3n) is 6.81. The highest BCUT2D eigenvalue weighted by Gasteiger charge is 2.59. The van der Waals surface area contributed by atoms with Crippen LogP contribution < -0.4 is 5.32 Å². The molecule has 4 rings (SSSR count). The van der Waals surface area contributed by atoms with E-state index in [4.69, 9.17) is 33.2 Å². The number of esters is 2. The Balaban J connectivity index is 1.75. The molecule has 0 aliphatic carbocycles. The zero-order chi connectivity index (χ0) is 28.7. The predicted octanol–water partition coefficient (Wildman–Crippen LogP) is 2.43. The van der Waals surface area contributed by atoms with Crippen molar-refractivity contribution in [1.29, 1.82) is 0 Å². The van der Waals surface area contributed by atoms with Gasteiger partial charge in [0.1, 0.15) is 24.4 Å². The molecule has 2 aliphatic rings. The van der Waals surface area contributed by atoms with Gasteiger partial charge in [0, 0.05) is 26.5 Å². The van der Waals surface area contributed by atoms with E-state index in [9.17, 15) is 14.4 Å². The van der Waals surface area contributed by atoms with Crippen LogP contribution in [0.25, 0.3) is 0 Å². The largest absolute Gasteiger partial charge is 0.465 e. The molecule has 0 aromatic heterocycles. The maximum atomic E-state index is 13.3. The Kier molecular flexibility index (Phi) is 9.88. The number of ether oxygens (including phenoxy) is 7. The molecule has 0 radical (unpaired) electrons.